The molecule has 2 aromatic rings. The number of hydrogen-bond donors (Lipinski definition) is 1. The second-order valence-corrected chi connectivity index (χ2v) is 7.31. The molecule has 0 spiro atoms. The smallest absolute Gasteiger partial charge is 0.148 e. The molecule has 0 aliphatic rings. The molecule has 1 aromatic heterocycles. The first kappa shape index (κ1) is 16.5. The van der Waals surface area contributed by atoms with Gasteiger partial charge in [-0.1, -0.05) is 43.4 Å². The van der Waals surface area contributed by atoms with Crippen LogP contribution in [0, 0.1) is 5.92 Å². The van der Waals surface area contributed by atoms with Gasteiger partial charge in [0.2, 0.25) is 0 Å². The second-order valence-electron chi connectivity index (χ2n) is 5.40. The van der Waals surface area contributed by atoms with E-state index in [0.717, 1.165) is 35.9 Å². The lowest BCUT2D eigenvalue weighted by Crippen LogP contribution is -2.21. The number of nitrogens with zero attached hydrogens (tertiary/aromatic N) is 2. The number of thioether (sulfide) groups is 1. The van der Waals surface area contributed by atoms with Gasteiger partial charge in [-0.15, -0.1) is 22.0 Å². The third kappa shape index (κ3) is 5.09. The normalized spacial score (nSPS) is 11.2. The van der Waals surface area contributed by atoms with Crippen molar-refractivity contribution in [2.24, 2.45) is 5.92 Å². The Labute approximate surface area is 135 Å². The summed E-state index contributed by atoms with van der Waals surface area (Å²) in [5, 5.41) is 14.3. The zero-order valence-electron chi connectivity index (χ0n) is 12.9. The van der Waals surface area contributed by atoms with E-state index in [2.05, 4.69) is 59.9 Å². The zero-order chi connectivity index (χ0) is 15.1. The van der Waals surface area contributed by atoms with Crippen LogP contribution in [0.15, 0.2) is 29.2 Å². The SMILES string of the molecule is CSc1ccccc1-c1nnc(CCCNCC(C)C)s1. The maximum atomic E-state index is 4.36. The molecule has 0 atom stereocenters. The van der Waals surface area contributed by atoms with E-state index in [1.165, 1.54) is 10.5 Å². The highest BCUT2D eigenvalue weighted by Gasteiger charge is 2.10. The Hall–Kier alpha value is -0.910. The average molecular weight is 322 g/mol. The van der Waals surface area contributed by atoms with Crippen molar-refractivity contribution in [3.8, 4) is 10.6 Å². The molecule has 1 N–H and O–H groups in total. The number of rotatable bonds is 8. The largest absolute Gasteiger partial charge is 0.316 e. The maximum absolute atomic E-state index is 4.36. The van der Waals surface area contributed by atoms with E-state index in [4.69, 9.17) is 0 Å². The molecule has 0 radical (unpaired) electrons. The van der Waals surface area contributed by atoms with E-state index in [-0.39, 0.29) is 0 Å². The van der Waals surface area contributed by atoms with Crippen LogP contribution in [0.3, 0.4) is 0 Å². The Balaban J connectivity index is 1.89. The average Bonchev–Trinajstić information content (AvgIpc) is 2.95. The lowest BCUT2D eigenvalue weighted by molar-refractivity contribution is 0.542. The molecule has 0 saturated carbocycles. The first-order chi connectivity index (χ1) is 10.2. The predicted molar refractivity (Wildman–Crippen MR) is 93.2 cm³/mol. The number of aromatic nitrogens is 2. The molecule has 21 heavy (non-hydrogen) atoms. The van der Waals surface area contributed by atoms with E-state index >= 15 is 0 Å². The minimum absolute atomic E-state index is 0.709. The topological polar surface area (TPSA) is 37.8 Å². The summed E-state index contributed by atoms with van der Waals surface area (Å²) in [5.41, 5.74) is 1.20. The minimum Gasteiger partial charge on any atom is -0.316 e. The van der Waals surface area contributed by atoms with Gasteiger partial charge in [0, 0.05) is 16.9 Å². The molecule has 0 amide bonds. The Morgan fingerprint density at radius 2 is 2.05 bits per heavy atom. The van der Waals surface area contributed by atoms with Crippen molar-refractivity contribution in [1.82, 2.24) is 15.5 Å². The summed E-state index contributed by atoms with van der Waals surface area (Å²) in [5.74, 6) is 0.709. The molecule has 3 nitrogen and oxygen atoms in total. The van der Waals surface area contributed by atoms with E-state index in [1.807, 2.05) is 0 Å². The number of aryl methyl sites for hydroxylation is 1. The van der Waals surface area contributed by atoms with Crippen molar-refractivity contribution in [2.75, 3.05) is 19.3 Å². The van der Waals surface area contributed by atoms with Gasteiger partial charge in [0.1, 0.15) is 10.0 Å². The zero-order valence-corrected chi connectivity index (χ0v) is 14.6. The fraction of sp³-hybridized carbons (Fsp3) is 0.500. The fourth-order valence-electron chi connectivity index (χ4n) is 2.04. The summed E-state index contributed by atoms with van der Waals surface area (Å²) in [6.07, 6.45) is 4.22. The number of hydrogen-bond acceptors (Lipinski definition) is 5. The first-order valence-electron chi connectivity index (χ1n) is 7.37. The number of nitrogens with one attached hydrogen (secondary N) is 1. The Bertz CT molecular complexity index is 552. The fourth-order valence-corrected chi connectivity index (χ4v) is 3.62. The Morgan fingerprint density at radius 1 is 1.24 bits per heavy atom. The van der Waals surface area contributed by atoms with Crippen molar-refractivity contribution in [3.63, 3.8) is 0 Å². The monoisotopic (exact) mass is 321 g/mol. The molecular weight excluding hydrogens is 298 g/mol. The van der Waals surface area contributed by atoms with Gasteiger partial charge in [-0.3, -0.25) is 0 Å². The third-order valence-corrected chi connectivity index (χ3v) is 4.91. The van der Waals surface area contributed by atoms with Crippen LogP contribution >= 0.6 is 23.1 Å². The van der Waals surface area contributed by atoms with Gasteiger partial charge < -0.3 is 5.32 Å². The highest BCUT2D eigenvalue weighted by molar-refractivity contribution is 7.98. The van der Waals surface area contributed by atoms with E-state index in [1.54, 1.807) is 23.1 Å². The van der Waals surface area contributed by atoms with E-state index in [0.29, 0.717) is 5.92 Å². The van der Waals surface area contributed by atoms with Gasteiger partial charge in [-0.25, -0.2) is 0 Å². The highest BCUT2D eigenvalue weighted by atomic mass is 32.2. The minimum atomic E-state index is 0.709. The van der Waals surface area contributed by atoms with Crippen molar-refractivity contribution in [1.29, 1.82) is 0 Å². The molecule has 5 heteroatoms. The summed E-state index contributed by atoms with van der Waals surface area (Å²) in [6, 6.07) is 8.39. The molecule has 2 rings (SSSR count). The summed E-state index contributed by atoms with van der Waals surface area (Å²) in [7, 11) is 0. The highest BCUT2D eigenvalue weighted by Crippen LogP contribution is 2.32. The van der Waals surface area contributed by atoms with Gasteiger partial charge >= 0.3 is 0 Å². The van der Waals surface area contributed by atoms with Crippen LogP contribution < -0.4 is 5.32 Å². The third-order valence-electron chi connectivity index (χ3n) is 3.10. The van der Waals surface area contributed by atoms with Crippen LogP contribution in [0.25, 0.3) is 10.6 Å². The van der Waals surface area contributed by atoms with Crippen molar-refractivity contribution < 1.29 is 0 Å². The van der Waals surface area contributed by atoms with Crippen LogP contribution in [0.1, 0.15) is 25.3 Å². The molecule has 1 heterocycles. The predicted octanol–water partition coefficient (Wildman–Crippen LogP) is 4.11. The molecule has 0 bridgehead atoms. The Morgan fingerprint density at radius 3 is 2.81 bits per heavy atom. The lowest BCUT2D eigenvalue weighted by Gasteiger charge is -2.05. The van der Waals surface area contributed by atoms with Gasteiger partial charge in [-0.05, 0) is 37.8 Å². The van der Waals surface area contributed by atoms with Crippen molar-refractivity contribution in [3.05, 3.63) is 29.3 Å². The molecule has 0 fully saturated rings. The van der Waals surface area contributed by atoms with Crippen LogP contribution in [0.5, 0.6) is 0 Å². The maximum Gasteiger partial charge on any atom is 0.148 e. The quantitative estimate of drug-likeness (QED) is 0.586. The second kappa shape index (κ2) is 8.51. The van der Waals surface area contributed by atoms with Crippen LogP contribution in [0.2, 0.25) is 0 Å². The lowest BCUT2D eigenvalue weighted by atomic mass is 10.2. The van der Waals surface area contributed by atoms with E-state index in [9.17, 15) is 0 Å². The summed E-state index contributed by atoms with van der Waals surface area (Å²) in [6.45, 7) is 6.59. The van der Waals surface area contributed by atoms with Crippen molar-refractivity contribution >= 4 is 23.1 Å². The first-order valence-corrected chi connectivity index (χ1v) is 9.41. The summed E-state index contributed by atoms with van der Waals surface area (Å²) >= 11 is 3.47. The molecule has 0 saturated heterocycles. The van der Waals surface area contributed by atoms with Gasteiger partial charge in [-0.2, -0.15) is 0 Å². The molecule has 1 aromatic carbocycles. The van der Waals surface area contributed by atoms with Crippen LogP contribution in [-0.4, -0.2) is 29.5 Å². The summed E-state index contributed by atoms with van der Waals surface area (Å²) < 4.78 is 0. The van der Waals surface area contributed by atoms with Gasteiger partial charge in [0.25, 0.3) is 0 Å². The molecule has 114 valence electrons. The molecular formula is C16H23N3S2. The molecule has 0 aliphatic carbocycles. The Kier molecular flexibility index (Phi) is 6.67. The van der Waals surface area contributed by atoms with E-state index < -0.39 is 0 Å². The van der Waals surface area contributed by atoms with Crippen molar-refractivity contribution in [2.45, 2.75) is 31.6 Å². The standard InChI is InChI=1S/C16H23N3S2/c1-12(2)11-17-10-6-9-15-18-19-16(21-15)13-7-4-5-8-14(13)20-3/h4-5,7-8,12,17H,6,9-11H2,1-3H3. The van der Waals surface area contributed by atoms with Crippen LogP contribution in [0.4, 0.5) is 0 Å². The summed E-state index contributed by atoms with van der Waals surface area (Å²) in [4.78, 5) is 1.26. The van der Waals surface area contributed by atoms with Gasteiger partial charge in [0.15, 0.2) is 0 Å². The molecule has 0 aliphatic heterocycles. The number of benzene rings is 1. The molecule has 0 unspecified atom stereocenters. The van der Waals surface area contributed by atoms with Crippen LogP contribution in [-0.2, 0) is 6.42 Å². The van der Waals surface area contributed by atoms with Gasteiger partial charge in [0.05, 0.1) is 0 Å².